The summed E-state index contributed by atoms with van der Waals surface area (Å²) in [5, 5.41) is 3.51. The summed E-state index contributed by atoms with van der Waals surface area (Å²) in [5.74, 6) is 2.66. The normalized spacial score (nSPS) is 48.3. The lowest BCUT2D eigenvalue weighted by molar-refractivity contribution is -0.146. The van der Waals surface area contributed by atoms with E-state index in [-0.39, 0.29) is 16.2 Å². The molecule has 2 unspecified atom stereocenters. The van der Waals surface area contributed by atoms with E-state index in [9.17, 15) is 4.79 Å². The molecule has 2 aliphatic heterocycles. The molecule has 2 heterocycles. The number of hydrogen-bond donors (Lipinski definition) is 1. The van der Waals surface area contributed by atoms with Gasteiger partial charge in [-0.3, -0.25) is 4.79 Å². The summed E-state index contributed by atoms with van der Waals surface area (Å²) in [4.78, 5) is 16.2. The van der Waals surface area contributed by atoms with Crippen LogP contribution in [0.5, 0.6) is 0 Å². The molecular formula is C23H30N2O. The molecule has 7 rings (SSSR count). The zero-order valence-electron chi connectivity index (χ0n) is 15.8. The van der Waals surface area contributed by atoms with Crippen molar-refractivity contribution in [3.05, 3.63) is 35.9 Å². The van der Waals surface area contributed by atoms with Gasteiger partial charge >= 0.3 is 0 Å². The summed E-state index contributed by atoms with van der Waals surface area (Å²) in [7, 11) is 0. The van der Waals surface area contributed by atoms with Crippen molar-refractivity contribution in [1.29, 1.82) is 0 Å². The lowest BCUT2D eigenvalue weighted by Crippen LogP contribution is -2.48. The highest BCUT2D eigenvalue weighted by molar-refractivity contribution is 5.86. The standard InChI is InChI=1S/C23H30N2O/c1-21-7-16-8-22(14-21,19-5-3-2-4-6-19)15-23(21,9-16)20(26)25-12-17-10-24-11-18(17)13-25/h2-6,16-18,24H,7-15H2,1H3/t16?,17-,18+,21-,22-,23?/m1/s1. The van der Waals surface area contributed by atoms with Crippen molar-refractivity contribution in [2.24, 2.45) is 28.6 Å². The molecule has 4 aliphatic carbocycles. The fourth-order valence-electron chi connectivity index (χ4n) is 8.26. The van der Waals surface area contributed by atoms with Gasteiger partial charge < -0.3 is 10.2 Å². The van der Waals surface area contributed by atoms with Crippen molar-refractivity contribution in [1.82, 2.24) is 10.2 Å². The minimum atomic E-state index is -0.0855. The van der Waals surface area contributed by atoms with E-state index < -0.39 is 0 Å². The Morgan fingerprint density at radius 1 is 1.04 bits per heavy atom. The monoisotopic (exact) mass is 350 g/mol. The van der Waals surface area contributed by atoms with Gasteiger partial charge in [-0.05, 0) is 66.3 Å². The second kappa shape index (κ2) is 4.92. The van der Waals surface area contributed by atoms with Crippen LogP contribution in [0.4, 0.5) is 0 Å². The van der Waals surface area contributed by atoms with Gasteiger partial charge in [0.25, 0.3) is 0 Å². The van der Waals surface area contributed by atoms with Crippen LogP contribution in [0.25, 0.3) is 0 Å². The molecule has 1 amide bonds. The highest BCUT2D eigenvalue weighted by Gasteiger charge is 2.73. The van der Waals surface area contributed by atoms with E-state index >= 15 is 0 Å². The third kappa shape index (κ3) is 1.81. The first-order valence-corrected chi connectivity index (χ1v) is 10.6. The van der Waals surface area contributed by atoms with Crippen LogP contribution in [0, 0.1) is 28.6 Å². The van der Waals surface area contributed by atoms with Crippen molar-refractivity contribution in [2.45, 2.75) is 44.4 Å². The Kier molecular flexibility index (Phi) is 2.97. The van der Waals surface area contributed by atoms with Crippen LogP contribution in [-0.4, -0.2) is 37.0 Å². The Bertz CT molecular complexity index is 751. The van der Waals surface area contributed by atoms with Gasteiger partial charge in [0.15, 0.2) is 0 Å². The van der Waals surface area contributed by atoms with Crippen LogP contribution >= 0.6 is 0 Å². The number of amides is 1. The predicted octanol–water partition coefficient (Wildman–Crippen LogP) is 3.20. The Morgan fingerprint density at radius 2 is 1.77 bits per heavy atom. The molecule has 138 valence electrons. The average Bonchev–Trinajstić information content (AvgIpc) is 3.30. The van der Waals surface area contributed by atoms with E-state index in [0.717, 1.165) is 44.9 Å². The van der Waals surface area contributed by atoms with Crippen molar-refractivity contribution in [3.63, 3.8) is 0 Å². The van der Waals surface area contributed by atoms with Gasteiger partial charge in [0.2, 0.25) is 5.91 Å². The molecule has 3 heteroatoms. The number of likely N-dealkylation sites (tertiary alicyclic amines) is 1. The lowest BCUT2D eigenvalue weighted by atomic mass is 9.63. The first-order valence-electron chi connectivity index (χ1n) is 10.6. The molecule has 6 aliphatic rings. The first-order chi connectivity index (χ1) is 12.5. The molecule has 3 nitrogen and oxygen atoms in total. The highest BCUT2D eigenvalue weighted by atomic mass is 16.2. The maximum Gasteiger partial charge on any atom is 0.229 e. The van der Waals surface area contributed by atoms with Gasteiger partial charge in [0, 0.05) is 26.2 Å². The number of carbonyl (C=O) groups excluding carboxylic acids is 1. The van der Waals surface area contributed by atoms with Gasteiger partial charge in [-0.15, -0.1) is 0 Å². The molecule has 0 spiro atoms. The lowest BCUT2D eigenvalue weighted by Gasteiger charge is -2.42. The fraction of sp³-hybridized carbons (Fsp3) is 0.696. The predicted molar refractivity (Wildman–Crippen MR) is 102 cm³/mol. The van der Waals surface area contributed by atoms with E-state index in [1.807, 2.05) is 0 Å². The number of nitrogens with one attached hydrogen (secondary N) is 1. The zero-order chi connectivity index (χ0) is 17.6. The molecule has 6 atom stereocenters. The van der Waals surface area contributed by atoms with Crippen LogP contribution in [-0.2, 0) is 10.2 Å². The smallest absolute Gasteiger partial charge is 0.229 e. The number of rotatable bonds is 2. The molecule has 6 fully saturated rings. The topological polar surface area (TPSA) is 32.3 Å². The molecule has 1 aromatic rings. The summed E-state index contributed by atoms with van der Waals surface area (Å²) in [6.45, 7) is 6.66. The number of fused-ring (bicyclic) bond motifs is 1. The Hall–Kier alpha value is -1.35. The molecule has 0 aromatic heterocycles. The maximum absolute atomic E-state index is 13.9. The molecule has 1 aromatic carbocycles. The van der Waals surface area contributed by atoms with Crippen molar-refractivity contribution in [3.8, 4) is 0 Å². The molecule has 0 radical (unpaired) electrons. The molecule has 2 saturated heterocycles. The Morgan fingerprint density at radius 3 is 2.50 bits per heavy atom. The first kappa shape index (κ1) is 15.7. The molecule has 26 heavy (non-hydrogen) atoms. The van der Waals surface area contributed by atoms with Crippen LogP contribution in [0.1, 0.15) is 44.6 Å². The van der Waals surface area contributed by atoms with Gasteiger partial charge in [-0.1, -0.05) is 37.3 Å². The summed E-state index contributed by atoms with van der Waals surface area (Å²) in [5.41, 5.74) is 1.87. The molecular weight excluding hydrogens is 320 g/mol. The SMILES string of the molecule is C[C@]12CC3CC1(C(=O)N1C[C@H]4CNC[C@H]4C1)C[C@@](c1ccccc1)(C3)C2. The van der Waals surface area contributed by atoms with E-state index in [4.69, 9.17) is 0 Å². The van der Waals surface area contributed by atoms with Crippen molar-refractivity contribution in [2.75, 3.05) is 26.2 Å². The maximum atomic E-state index is 13.9. The van der Waals surface area contributed by atoms with E-state index in [1.165, 1.54) is 24.8 Å². The summed E-state index contributed by atoms with van der Waals surface area (Å²) >= 11 is 0. The minimum absolute atomic E-state index is 0.0855. The molecule has 4 bridgehead atoms. The van der Waals surface area contributed by atoms with Crippen molar-refractivity contribution >= 4 is 5.91 Å². The van der Waals surface area contributed by atoms with Gasteiger partial charge in [-0.2, -0.15) is 0 Å². The van der Waals surface area contributed by atoms with E-state index in [0.29, 0.717) is 17.7 Å². The van der Waals surface area contributed by atoms with Gasteiger partial charge in [-0.25, -0.2) is 0 Å². The third-order valence-corrected chi connectivity index (χ3v) is 9.05. The number of benzene rings is 1. The van der Waals surface area contributed by atoms with Gasteiger partial charge in [0.05, 0.1) is 5.41 Å². The third-order valence-electron chi connectivity index (χ3n) is 9.05. The Labute approximate surface area is 156 Å². The fourth-order valence-corrected chi connectivity index (χ4v) is 8.26. The summed E-state index contributed by atoms with van der Waals surface area (Å²) in [6, 6.07) is 11.1. The second-order valence-corrected chi connectivity index (χ2v) is 10.5. The van der Waals surface area contributed by atoms with Crippen molar-refractivity contribution < 1.29 is 4.79 Å². The van der Waals surface area contributed by atoms with Crippen LogP contribution in [0.3, 0.4) is 0 Å². The summed E-state index contributed by atoms with van der Waals surface area (Å²) in [6.07, 6.45) is 6.04. The van der Waals surface area contributed by atoms with Crippen LogP contribution in [0.2, 0.25) is 0 Å². The summed E-state index contributed by atoms with van der Waals surface area (Å²) < 4.78 is 0. The molecule has 1 N–H and O–H groups in total. The Balaban J connectivity index is 1.36. The number of hydrogen-bond acceptors (Lipinski definition) is 2. The number of nitrogens with zero attached hydrogens (tertiary/aromatic N) is 1. The van der Waals surface area contributed by atoms with E-state index in [1.54, 1.807) is 0 Å². The largest absolute Gasteiger partial charge is 0.342 e. The minimum Gasteiger partial charge on any atom is -0.342 e. The van der Waals surface area contributed by atoms with Gasteiger partial charge in [0.1, 0.15) is 0 Å². The van der Waals surface area contributed by atoms with Crippen LogP contribution < -0.4 is 5.32 Å². The molecule has 4 saturated carbocycles. The zero-order valence-corrected chi connectivity index (χ0v) is 15.8. The second-order valence-electron chi connectivity index (χ2n) is 10.5. The highest BCUT2D eigenvalue weighted by Crippen LogP contribution is 2.76. The van der Waals surface area contributed by atoms with Crippen LogP contribution in [0.15, 0.2) is 30.3 Å². The number of carbonyl (C=O) groups is 1. The van der Waals surface area contributed by atoms with E-state index in [2.05, 4.69) is 47.5 Å². The quantitative estimate of drug-likeness (QED) is 0.888. The average molecular weight is 351 g/mol.